The van der Waals surface area contributed by atoms with Crippen LogP contribution in [0.1, 0.15) is 117 Å². The van der Waals surface area contributed by atoms with Gasteiger partial charge >= 0.3 is 0 Å². The first kappa shape index (κ1) is 26.4. The quantitative estimate of drug-likeness (QED) is 0.235. The summed E-state index contributed by atoms with van der Waals surface area (Å²) >= 11 is 0. The van der Waals surface area contributed by atoms with Crippen LogP contribution in [0, 0.1) is 11.3 Å². The van der Waals surface area contributed by atoms with Crippen LogP contribution in [0.25, 0.3) is 0 Å². The van der Waals surface area contributed by atoms with Crippen molar-refractivity contribution in [3.05, 3.63) is 0 Å². The van der Waals surface area contributed by atoms with Crippen molar-refractivity contribution in [1.29, 1.82) is 5.26 Å². The average molecular weight is 401 g/mol. The van der Waals surface area contributed by atoms with Crippen LogP contribution in [-0.2, 0) is 10.0 Å². The van der Waals surface area contributed by atoms with Crippen LogP contribution < -0.4 is 0 Å². The Morgan fingerprint density at radius 1 is 0.704 bits per heavy atom. The summed E-state index contributed by atoms with van der Waals surface area (Å²) in [7, 11) is -3.49. The molecule has 0 radical (unpaired) electrons. The van der Waals surface area contributed by atoms with Gasteiger partial charge in [0, 0.05) is 13.1 Å². The molecule has 5 heteroatoms. The average Bonchev–Trinajstić information content (AvgIpc) is 2.65. The molecule has 0 N–H and O–H groups in total. The lowest BCUT2D eigenvalue weighted by molar-refractivity contribution is 0.380. The molecule has 1 unspecified atom stereocenters. The van der Waals surface area contributed by atoms with E-state index in [0.717, 1.165) is 25.7 Å². The van der Waals surface area contributed by atoms with Crippen LogP contribution >= 0.6 is 0 Å². The van der Waals surface area contributed by atoms with E-state index in [-0.39, 0.29) is 0 Å². The van der Waals surface area contributed by atoms with Crippen molar-refractivity contribution >= 4 is 10.0 Å². The second kappa shape index (κ2) is 17.5. The van der Waals surface area contributed by atoms with Gasteiger partial charge in [0.25, 0.3) is 0 Å². The molecule has 0 heterocycles. The van der Waals surface area contributed by atoms with Crippen LogP contribution in [-0.4, -0.2) is 31.1 Å². The fourth-order valence-corrected chi connectivity index (χ4v) is 5.09. The summed E-state index contributed by atoms with van der Waals surface area (Å²) in [4.78, 5) is 0. The summed E-state index contributed by atoms with van der Waals surface area (Å²) in [5.74, 6) is 0. The first-order valence-electron chi connectivity index (χ1n) is 11.4. The SMILES string of the molecule is CCCCCCCCCN(CCCCCCCCC)S(=O)(=O)C(C#N)CC. The molecule has 0 aromatic rings. The molecule has 0 aliphatic carbocycles. The molecular weight excluding hydrogens is 356 g/mol. The molecule has 0 saturated heterocycles. The second-order valence-corrected chi connectivity index (χ2v) is 9.83. The Hall–Kier alpha value is -0.600. The van der Waals surface area contributed by atoms with Crippen LogP contribution in [0.5, 0.6) is 0 Å². The highest BCUT2D eigenvalue weighted by Gasteiger charge is 2.30. The predicted octanol–water partition coefficient (Wildman–Crippen LogP) is 6.42. The molecule has 0 rings (SSSR count). The van der Waals surface area contributed by atoms with Gasteiger partial charge in [-0.3, -0.25) is 0 Å². The van der Waals surface area contributed by atoms with Gasteiger partial charge in [-0.05, 0) is 19.3 Å². The molecule has 0 aromatic heterocycles. The van der Waals surface area contributed by atoms with E-state index < -0.39 is 15.3 Å². The Bertz CT molecular complexity index is 453. The normalized spacial score (nSPS) is 13.0. The molecule has 1 atom stereocenters. The van der Waals surface area contributed by atoms with Crippen LogP contribution in [0.2, 0.25) is 0 Å². The highest BCUT2D eigenvalue weighted by atomic mass is 32.2. The number of sulfonamides is 1. The highest BCUT2D eigenvalue weighted by molar-refractivity contribution is 7.90. The summed E-state index contributed by atoms with van der Waals surface area (Å²) in [6.45, 7) is 7.36. The van der Waals surface area contributed by atoms with Gasteiger partial charge in [0.2, 0.25) is 10.0 Å². The Kier molecular flexibility index (Phi) is 17.1. The number of rotatable bonds is 19. The summed E-state index contributed by atoms with van der Waals surface area (Å²) in [5, 5.41) is 8.34. The molecule has 0 saturated carbocycles. The van der Waals surface area contributed by atoms with Crippen LogP contribution in [0.4, 0.5) is 0 Å². The van der Waals surface area contributed by atoms with Gasteiger partial charge in [-0.1, -0.05) is 97.8 Å². The van der Waals surface area contributed by atoms with Crippen molar-refractivity contribution in [2.24, 2.45) is 0 Å². The third-order valence-electron chi connectivity index (χ3n) is 5.26. The van der Waals surface area contributed by atoms with Gasteiger partial charge in [0.1, 0.15) is 0 Å². The molecule has 4 nitrogen and oxygen atoms in total. The summed E-state index contributed by atoms with van der Waals surface area (Å²) in [6, 6.07) is 1.99. The van der Waals surface area contributed by atoms with Gasteiger partial charge in [0.15, 0.2) is 5.25 Å². The second-order valence-electron chi connectivity index (χ2n) is 7.71. The number of hydrogen-bond acceptors (Lipinski definition) is 3. The minimum atomic E-state index is -3.49. The maximum Gasteiger partial charge on any atom is 0.230 e. The van der Waals surface area contributed by atoms with E-state index in [4.69, 9.17) is 0 Å². The first-order chi connectivity index (χ1) is 13.0. The van der Waals surface area contributed by atoms with Crippen molar-refractivity contribution in [1.82, 2.24) is 4.31 Å². The number of unbranched alkanes of at least 4 members (excludes halogenated alkanes) is 12. The van der Waals surface area contributed by atoms with Gasteiger partial charge in [-0.15, -0.1) is 0 Å². The Labute approximate surface area is 169 Å². The lowest BCUT2D eigenvalue weighted by Crippen LogP contribution is -2.39. The molecule has 0 amide bonds. The lowest BCUT2D eigenvalue weighted by atomic mass is 10.1. The van der Waals surface area contributed by atoms with E-state index in [1.807, 2.05) is 6.07 Å². The first-order valence-corrected chi connectivity index (χ1v) is 12.9. The summed E-state index contributed by atoms with van der Waals surface area (Å²) in [6.07, 6.45) is 16.8. The van der Waals surface area contributed by atoms with Gasteiger partial charge in [0.05, 0.1) is 6.07 Å². The van der Waals surface area contributed by atoms with Crippen molar-refractivity contribution in [3.8, 4) is 6.07 Å². The monoisotopic (exact) mass is 400 g/mol. The zero-order valence-electron chi connectivity index (χ0n) is 18.2. The largest absolute Gasteiger partial charge is 0.230 e. The van der Waals surface area contributed by atoms with Gasteiger partial charge in [-0.25, -0.2) is 12.7 Å². The molecule has 0 aliphatic rings. The van der Waals surface area contributed by atoms with E-state index in [9.17, 15) is 13.7 Å². The number of hydrogen-bond donors (Lipinski definition) is 0. The molecule has 0 aromatic carbocycles. The molecule has 0 bridgehead atoms. The minimum absolute atomic E-state index is 0.364. The predicted molar refractivity (Wildman–Crippen MR) is 116 cm³/mol. The van der Waals surface area contributed by atoms with E-state index in [2.05, 4.69) is 13.8 Å². The van der Waals surface area contributed by atoms with Crippen molar-refractivity contribution < 1.29 is 8.42 Å². The molecule has 0 spiro atoms. The van der Waals surface area contributed by atoms with E-state index in [1.165, 1.54) is 64.2 Å². The van der Waals surface area contributed by atoms with E-state index in [1.54, 1.807) is 11.2 Å². The van der Waals surface area contributed by atoms with Gasteiger partial charge < -0.3 is 0 Å². The van der Waals surface area contributed by atoms with E-state index >= 15 is 0 Å². The fraction of sp³-hybridized carbons (Fsp3) is 0.955. The number of nitrogens with zero attached hydrogens (tertiary/aromatic N) is 2. The van der Waals surface area contributed by atoms with Crippen LogP contribution in [0.15, 0.2) is 0 Å². The molecule has 0 aliphatic heterocycles. The highest BCUT2D eigenvalue weighted by Crippen LogP contribution is 2.16. The maximum atomic E-state index is 12.8. The standard InChI is InChI=1S/C22H44N2O2S/c1-4-7-9-11-13-15-17-19-24(27(25,26)22(6-3)21-23)20-18-16-14-12-10-8-5-2/h22H,4-20H2,1-3H3. The molecule has 27 heavy (non-hydrogen) atoms. The van der Waals surface area contributed by atoms with Crippen molar-refractivity contribution in [3.63, 3.8) is 0 Å². The zero-order valence-corrected chi connectivity index (χ0v) is 19.0. The topological polar surface area (TPSA) is 61.2 Å². The molecule has 0 fully saturated rings. The summed E-state index contributed by atoms with van der Waals surface area (Å²) in [5.41, 5.74) is 0. The zero-order chi connectivity index (χ0) is 20.4. The third kappa shape index (κ3) is 12.5. The smallest absolute Gasteiger partial charge is 0.211 e. The van der Waals surface area contributed by atoms with Crippen LogP contribution in [0.3, 0.4) is 0 Å². The Morgan fingerprint density at radius 3 is 1.41 bits per heavy atom. The molecular formula is C22H44N2O2S. The fourth-order valence-electron chi connectivity index (χ4n) is 3.41. The van der Waals surface area contributed by atoms with Crippen molar-refractivity contribution in [2.45, 2.75) is 122 Å². The third-order valence-corrected chi connectivity index (χ3v) is 7.50. The molecule has 160 valence electrons. The Balaban J connectivity index is 4.40. The van der Waals surface area contributed by atoms with E-state index in [0.29, 0.717) is 19.5 Å². The number of nitriles is 1. The van der Waals surface area contributed by atoms with Crippen molar-refractivity contribution in [2.75, 3.05) is 13.1 Å². The minimum Gasteiger partial charge on any atom is -0.211 e. The maximum absolute atomic E-state index is 12.8. The lowest BCUT2D eigenvalue weighted by Gasteiger charge is -2.24. The summed E-state index contributed by atoms with van der Waals surface area (Å²) < 4.78 is 27.2. The van der Waals surface area contributed by atoms with Gasteiger partial charge in [-0.2, -0.15) is 5.26 Å². The Morgan fingerprint density at radius 2 is 1.07 bits per heavy atom.